The van der Waals surface area contributed by atoms with E-state index in [0.29, 0.717) is 17.7 Å². The zero-order valence-corrected chi connectivity index (χ0v) is 12.6. The van der Waals surface area contributed by atoms with Crippen LogP contribution in [0.5, 0.6) is 5.75 Å². The third-order valence-corrected chi connectivity index (χ3v) is 2.95. The lowest BCUT2D eigenvalue weighted by molar-refractivity contribution is -0.138. The van der Waals surface area contributed by atoms with Crippen LogP contribution in [0.4, 0.5) is 0 Å². The van der Waals surface area contributed by atoms with Gasteiger partial charge in [0, 0.05) is 17.5 Å². The summed E-state index contributed by atoms with van der Waals surface area (Å²) in [7, 11) is 0. The molecule has 0 heterocycles. The molecule has 0 spiro atoms. The molecule has 0 saturated carbocycles. The van der Waals surface area contributed by atoms with Gasteiger partial charge in [-0.15, -0.1) is 0 Å². The van der Waals surface area contributed by atoms with E-state index in [1.165, 1.54) is 12.1 Å². The summed E-state index contributed by atoms with van der Waals surface area (Å²) in [6.45, 7) is 3.29. The highest BCUT2D eigenvalue weighted by Crippen LogP contribution is 2.13. The number of nitrogens with one attached hydrogen (secondary N) is 1. The van der Waals surface area contributed by atoms with E-state index in [0.717, 1.165) is 0 Å². The fourth-order valence-electron chi connectivity index (χ4n) is 1.76. The molecule has 0 atom stereocenters. The Bertz CT molecular complexity index is 552. The molecule has 0 radical (unpaired) electrons. The van der Waals surface area contributed by atoms with Gasteiger partial charge in [0.05, 0.1) is 0 Å². The molecule has 7 nitrogen and oxygen atoms in total. The molecule has 4 N–H and O–H groups in total. The second-order valence-corrected chi connectivity index (χ2v) is 5.50. The van der Waals surface area contributed by atoms with Gasteiger partial charge in [0.15, 0.2) is 6.61 Å². The first-order valence-corrected chi connectivity index (χ1v) is 6.75. The van der Waals surface area contributed by atoms with Crippen molar-refractivity contribution in [3.05, 3.63) is 29.8 Å². The lowest BCUT2D eigenvalue weighted by atomic mass is 9.98. The van der Waals surface area contributed by atoms with Gasteiger partial charge in [-0.1, -0.05) is 0 Å². The summed E-state index contributed by atoms with van der Waals surface area (Å²) in [6.07, 6.45) is 0.296. The predicted molar refractivity (Wildman–Crippen MR) is 79.5 cm³/mol. The number of amides is 2. The highest BCUT2D eigenvalue weighted by atomic mass is 16.5. The maximum atomic E-state index is 11.8. The Hall–Kier alpha value is -2.57. The van der Waals surface area contributed by atoms with E-state index in [-0.39, 0.29) is 18.9 Å². The van der Waals surface area contributed by atoms with E-state index in [9.17, 15) is 14.4 Å². The van der Waals surface area contributed by atoms with Crippen LogP contribution in [0.15, 0.2) is 24.3 Å². The van der Waals surface area contributed by atoms with E-state index >= 15 is 0 Å². The van der Waals surface area contributed by atoms with Crippen molar-refractivity contribution in [3.63, 3.8) is 0 Å². The number of primary amides is 1. The fourth-order valence-corrected chi connectivity index (χ4v) is 1.76. The molecule has 0 bridgehead atoms. The number of carbonyl (C=O) groups excluding carboxylic acids is 2. The fraction of sp³-hybridized carbons (Fsp3) is 0.400. The minimum Gasteiger partial charge on any atom is -0.484 e. The molecule has 0 aliphatic rings. The maximum Gasteiger partial charge on any atom is 0.303 e. The zero-order chi connectivity index (χ0) is 16.8. The molecule has 120 valence electrons. The Morgan fingerprint density at radius 2 is 1.82 bits per heavy atom. The molecular formula is C15H20N2O5. The van der Waals surface area contributed by atoms with Gasteiger partial charge in [0.2, 0.25) is 5.91 Å². The van der Waals surface area contributed by atoms with Crippen LogP contribution in [-0.2, 0) is 9.59 Å². The Kier molecular flexibility index (Phi) is 5.91. The number of aliphatic carboxylic acids is 1. The van der Waals surface area contributed by atoms with E-state index < -0.39 is 17.4 Å². The monoisotopic (exact) mass is 308 g/mol. The number of carbonyl (C=O) groups is 3. The van der Waals surface area contributed by atoms with Gasteiger partial charge in [-0.2, -0.15) is 0 Å². The zero-order valence-electron chi connectivity index (χ0n) is 12.6. The lowest BCUT2D eigenvalue weighted by Crippen LogP contribution is -2.45. The molecule has 0 saturated heterocycles. The van der Waals surface area contributed by atoms with Crippen molar-refractivity contribution in [3.8, 4) is 5.75 Å². The maximum absolute atomic E-state index is 11.8. The van der Waals surface area contributed by atoms with Gasteiger partial charge >= 0.3 is 5.97 Å². The van der Waals surface area contributed by atoms with Crippen LogP contribution >= 0.6 is 0 Å². The Labute approximate surface area is 128 Å². The second-order valence-electron chi connectivity index (χ2n) is 5.50. The molecule has 1 aromatic carbocycles. The largest absolute Gasteiger partial charge is 0.484 e. The number of nitrogens with two attached hydrogens (primary N) is 1. The van der Waals surface area contributed by atoms with Gasteiger partial charge < -0.3 is 20.9 Å². The van der Waals surface area contributed by atoms with Gasteiger partial charge in [-0.05, 0) is 44.5 Å². The minimum absolute atomic E-state index is 0.0251. The normalized spacial score (nSPS) is 10.8. The second kappa shape index (κ2) is 7.44. The van der Waals surface area contributed by atoms with Crippen molar-refractivity contribution >= 4 is 17.8 Å². The Morgan fingerprint density at radius 1 is 1.23 bits per heavy atom. The number of carboxylic acid groups (broad SMARTS) is 1. The molecule has 0 aromatic heterocycles. The van der Waals surface area contributed by atoms with Crippen molar-refractivity contribution in [2.45, 2.75) is 32.2 Å². The van der Waals surface area contributed by atoms with E-state index in [4.69, 9.17) is 15.6 Å². The topological polar surface area (TPSA) is 119 Å². The molecule has 22 heavy (non-hydrogen) atoms. The summed E-state index contributed by atoms with van der Waals surface area (Å²) in [5.41, 5.74) is 4.84. The smallest absolute Gasteiger partial charge is 0.303 e. The summed E-state index contributed by atoms with van der Waals surface area (Å²) < 4.78 is 5.29. The van der Waals surface area contributed by atoms with Gasteiger partial charge in [-0.3, -0.25) is 14.4 Å². The third kappa shape index (κ3) is 6.25. The summed E-state index contributed by atoms with van der Waals surface area (Å²) >= 11 is 0. The molecule has 1 aromatic rings. The van der Waals surface area contributed by atoms with E-state index in [2.05, 4.69) is 5.32 Å². The average molecular weight is 308 g/mol. The van der Waals surface area contributed by atoms with Gasteiger partial charge in [0.1, 0.15) is 5.75 Å². The number of benzene rings is 1. The van der Waals surface area contributed by atoms with E-state index in [1.54, 1.807) is 26.0 Å². The average Bonchev–Trinajstić information content (AvgIpc) is 2.43. The molecule has 0 aliphatic heterocycles. The van der Waals surface area contributed by atoms with Crippen molar-refractivity contribution < 1.29 is 24.2 Å². The Balaban J connectivity index is 2.45. The quantitative estimate of drug-likeness (QED) is 0.660. The summed E-state index contributed by atoms with van der Waals surface area (Å²) in [5.74, 6) is -1.37. The number of hydrogen-bond donors (Lipinski definition) is 3. The van der Waals surface area contributed by atoms with Crippen molar-refractivity contribution in [1.29, 1.82) is 0 Å². The van der Waals surface area contributed by atoms with Crippen molar-refractivity contribution in [2.75, 3.05) is 6.61 Å². The highest BCUT2D eigenvalue weighted by Gasteiger charge is 2.21. The number of hydrogen-bond acceptors (Lipinski definition) is 4. The SMILES string of the molecule is CC(C)(CCC(=O)O)NC(=O)COc1ccc(C(N)=O)cc1. The van der Waals surface area contributed by atoms with Crippen LogP contribution in [-0.4, -0.2) is 35.0 Å². The first-order chi connectivity index (χ1) is 10.2. The van der Waals surface area contributed by atoms with Crippen molar-refractivity contribution in [2.24, 2.45) is 5.73 Å². The first kappa shape index (κ1) is 17.5. The number of rotatable bonds is 8. The number of ether oxygens (including phenoxy) is 1. The van der Waals surface area contributed by atoms with Crippen LogP contribution in [0.25, 0.3) is 0 Å². The standard InChI is InChI=1S/C15H20N2O5/c1-15(2,8-7-13(19)20)17-12(18)9-22-11-5-3-10(4-6-11)14(16)21/h3-6H,7-9H2,1-2H3,(H2,16,21)(H,17,18)(H,19,20). The molecule has 1 rings (SSSR count). The highest BCUT2D eigenvalue weighted by molar-refractivity contribution is 5.92. The molecule has 0 aliphatic carbocycles. The summed E-state index contributed by atoms with van der Waals surface area (Å²) in [4.78, 5) is 33.3. The summed E-state index contributed by atoms with van der Waals surface area (Å²) in [5, 5.41) is 11.4. The lowest BCUT2D eigenvalue weighted by Gasteiger charge is -2.25. The van der Waals surface area contributed by atoms with Crippen molar-refractivity contribution in [1.82, 2.24) is 5.32 Å². The molecule has 7 heteroatoms. The predicted octanol–water partition coefficient (Wildman–Crippen LogP) is 0.924. The van der Waals surface area contributed by atoms with Crippen LogP contribution < -0.4 is 15.8 Å². The van der Waals surface area contributed by atoms with Gasteiger partial charge in [-0.25, -0.2) is 0 Å². The number of carboxylic acids is 1. The van der Waals surface area contributed by atoms with Crippen LogP contribution in [0.2, 0.25) is 0 Å². The molecule has 2 amide bonds. The first-order valence-electron chi connectivity index (χ1n) is 6.75. The Morgan fingerprint density at radius 3 is 2.32 bits per heavy atom. The molecular weight excluding hydrogens is 288 g/mol. The van der Waals surface area contributed by atoms with Crippen LogP contribution in [0, 0.1) is 0 Å². The molecule has 0 fully saturated rings. The molecule has 0 unspecified atom stereocenters. The van der Waals surface area contributed by atoms with Gasteiger partial charge in [0.25, 0.3) is 5.91 Å². The van der Waals surface area contributed by atoms with E-state index in [1.807, 2.05) is 0 Å². The minimum atomic E-state index is -0.909. The third-order valence-electron chi connectivity index (χ3n) is 2.95. The van der Waals surface area contributed by atoms with Crippen LogP contribution in [0.1, 0.15) is 37.0 Å². The summed E-state index contributed by atoms with van der Waals surface area (Å²) in [6, 6.07) is 6.10. The van der Waals surface area contributed by atoms with Crippen LogP contribution in [0.3, 0.4) is 0 Å².